The van der Waals surface area contributed by atoms with E-state index in [4.69, 9.17) is 4.98 Å². The van der Waals surface area contributed by atoms with Gasteiger partial charge >= 0.3 is 0 Å². The molecule has 1 N–H and O–H groups in total. The maximum Gasteiger partial charge on any atom is 0.160 e. The van der Waals surface area contributed by atoms with Crippen LogP contribution in [0.3, 0.4) is 0 Å². The number of pyridine rings is 1. The SMILES string of the molecule is Cc1cnn2c(NCc3cccnc3)cc(C3CCCN(Cc4cccs4)C3)nc12. The zero-order valence-electron chi connectivity index (χ0n) is 17.2. The molecule has 0 aromatic carbocycles. The number of nitrogens with one attached hydrogen (secondary N) is 1. The second-order valence-corrected chi connectivity index (χ2v) is 9.03. The summed E-state index contributed by atoms with van der Waals surface area (Å²) in [6.45, 7) is 6.04. The number of thiophene rings is 1. The van der Waals surface area contributed by atoms with Crippen molar-refractivity contribution >= 4 is 22.8 Å². The van der Waals surface area contributed by atoms with Gasteiger partial charge in [-0.3, -0.25) is 9.88 Å². The Bertz CT molecular complexity index is 1110. The van der Waals surface area contributed by atoms with Crippen molar-refractivity contribution in [2.24, 2.45) is 0 Å². The van der Waals surface area contributed by atoms with Crippen LogP contribution >= 0.6 is 11.3 Å². The van der Waals surface area contributed by atoms with E-state index >= 15 is 0 Å². The van der Waals surface area contributed by atoms with E-state index in [9.17, 15) is 0 Å². The average Bonchev–Trinajstić information content (AvgIpc) is 3.43. The molecule has 154 valence electrons. The highest BCUT2D eigenvalue weighted by Gasteiger charge is 2.24. The molecule has 1 saturated heterocycles. The number of hydrogen-bond acceptors (Lipinski definition) is 6. The number of likely N-dealkylation sites (tertiary alicyclic amines) is 1. The molecule has 1 unspecified atom stereocenters. The van der Waals surface area contributed by atoms with E-state index in [1.165, 1.54) is 17.7 Å². The summed E-state index contributed by atoms with van der Waals surface area (Å²) in [6.07, 6.45) is 7.97. The van der Waals surface area contributed by atoms with Crippen molar-refractivity contribution in [2.45, 2.75) is 38.8 Å². The Labute approximate surface area is 180 Å². The van der Waals surface area contributed by atoms with Gasteiger partial charge in [0, 0.05) is 54.5 Å². The topological polar surface area (TPSA) is 58.4 Å². The molecule has 30 heavy (non-hydrogen) atoms. The molecule has 0 aliphatic carbocycles. The minimum Gasteiger partial charge on any atom is -0.366 e. The van der Waals surface area contributed by atoms with Crippen LogP contribution in [0.1, 0.15) is 40.5 Å². The minimum atomic E-state index is 0.442. The zero-order valence-corrected chi connectivity index (χ0v) is 18.0. The maximum absolute atomic E-state index is 5.03. The Morgan fingerprint density at radius 2 is 2.20 bits per heavy atom. The lowest BCUT2D eigenvalue weighted by molar-refractivity contribution is 0.200. The second kappa shape index (κ2) is 8.53. The Kier molecular flexibility index (Phi) is 5.46. The van der Waals surface area contributed by atoms with Crippen molar-refractivity contribution in [2.75, 3.05) is 18.4 Å². The number of anilines is 1. The molecular weight excluding hydrogens is 392 g/mol. The fraction of sp³-hybridized carbons (Fsp3) is 0.348. The van der Waals surface area contributed by atoms with Crippen molar-refractivity contribution in [1.82, 2.24) is 24.5 Å². The predicted molar refractivity (Wildman–Crippen MR) is 121 cm³/mol. The molecule has 1 fully saturated rings. The number of aryl methyl sites for hydroxylation is 1. The standard InChI is InChI=1S/C23H26N6S/c1-17-12-26-29-22(25-14-18-5-2-8-24-13-18)11-21(27-23(17)29)19-6-3-9-28(15-19)16-20-7-4-10-30-20/h2,4-5,7-8,10-13,19,25H,3,6,9,14-16H2,1H3. The molecule has 0 saturated carbocycles. The summed E-state index contributed by atoms with van der Waals surface area (Å²) < 4.78 is 1.92. The molecule has 0 bridgehead atoms. The van der Waals surface area contributed by atoms with Gasteiger partial charge in [-0.25, -0.2) is 4.98 Å². The molecule has 4 aromatic rings. The molecule has 7 heteroatoms. The molecule has 5 rings (SSSR count). The first-order valence-electron chi connectivity index (χ1n) is 10.5. The van der Waals surface area contributed by atoms with Crippen LogP contribution in [0.15, 0.2) is 54.3 Å². The van der Waals surface area contributed by atoms with E-state index in [1.54, 1.807) is 6.20 Å². The third kappa shape index (κ3) is 4.08. The van der Waals surface area contributed by atoms with Gasteiger partial charge in [-0.1, -0.05) is 12.1 Å². The number of rotatable bonds is 6. The smallest absolute Gasteiger partial charge is 0.160 e. The van der Waals surface area contributed by atoms with Crippen molar-refractivity contribution in [3.8, 4) is 0 Å². The first kappa shape index (κ1) is 19.2. The Morgan fingerprint density at radius 3 is 3.03 bits per heavy atom. The van der Waals surface area contributed by atoms with Crippen LogP contribution < -0.4 is 5.32 Å². The predicted octanol–water partition coefficient (Wildman–Crippen LogP) is 4.49. The van der Waals surface area contributed by atoms with E-state index in [0.717, 1.165) is 47.9 Å². The van der Waals surface area contributed by atoms with E-state index in [2.05, 4.69) is 56.9 Å². The second-order valence-electron chi connectivity index (χ2n) is 8.00. The lowest BCUT2D eigenvalue weighted by atomic mass is 9.94. The van der Waals surface area contributed by atoms with Crippen molar-refractivity contribution in [1.29, 1.82) is 0 Å². The van der Waals surface area contributed by atoms with Gasteiger partial charge < -0.3 is 5.32 Å². The van der Waals surface area contributed by atoms with Crippen LogP contribution in [0.4, 0.5) is 5.82 Å². The number of nitrogens with zero attached hydrogens (tertiary/aromatic N) is 5. The highest BCUT2D eigenvalue weighted by Crippen LogP contribution is 2.30. The monoisotopic (exact) mass is 418 g/mol. The molecule has 4 aromatic heterocycles. The number of hydrogen-bond donors (Lipinski definition) is 1. The first-order chi connectivity index (χ1) is 14.8. The van der Waals surface area contributed by atoms with Gasteiger partial charge in [0.05, 0.1) is 11.9 Å². The third-order valence-electron chi connectivity index (χ3n) is 5.75. The fourth-order valence-electron chi connectivity index (χ4n) is 4.19. The number of fused-ring (bicyclic) bond motifs is 1. The lowest BCUT2D eigenvalue weighted by Crippen LogP contribution is -2.34. The Morgan fingerprint density at radius 1 is 1.23 bits per heavy atom. The molecule has 1 aliphatic rings. The Hall–Kier alpha value is -2.77. The largest absolute Gasteiger partial charge is 0.366 e. The summed E-state index contributed by atoms with van der Waals surface area (Å²) in [5, 5.41) is 10.3. The molecule has 0 spiro atoms. The van der Waals surface area contributed by atoms with Crippen molar-refractivity contribution in [3.63, 3.8) is 0 Å². The molecule has 0 amide bonds. The molecular formula is C23H26N6S. The quantitative estimate of drug-likeness (QED) is 0.500. The molecule has 0 radical (unpaired) electrons. The molecule has 1 aliphatic heterocycles. The fourth-order valence-corrected chi connectivity index (χ4v) is 4.93. The molecule has 6 nitrogen and oxygen atoms in total. The van der Waals surface area contributed by atoms with Crippen LogP contribution in [0.2, 0.25) is 0 Å². The maximum atomic E-state index is 5.03. The third-order valence-corrected chi connectivity index (χ3v) is 6.61. The van der Waals surface area contributed by atoms with E-state index in [1.807, 2.05) is 34.3 Å². The summed E-state index contributed by atoms with van der Waals surface area (Å²) in [4.78, 5) is 13.2. The van der Waals surface area contributed by atoms with Crippen LogP contribution in [-0.4, -0.2) is 37.6 Å². The van der Waals surface area contributed by atoms with Crippen LogP contribution in [0, 0.1) is 6.92 Å². The summed E-state index contributed by atoms with van der Waals surface area (Å²) in [5.74, 6) is 1.43. The van der Waals surface area contributed by atoms with Gasteiger partial charge in [-0.15, -0.1) is 11.3 Å². The van der Waals surface area contributed by atoms with Gasteiger partial charge in [-0.2, -0.15) is 9.61 Å². The summed E-state index contributed by atoms with van der Waals surface area (Å²) in [7, 11) is 0. The highest BCUT2D eigenvalue weighted by molar-refractivity contribution is 7.09. The van der Waals surface area contributed by atoms with Gasteiger partial charge in [0.1, 0.15) is 5.82 Å². The highest BCUT2D eigenvalue weighted by atomic mass is 32.1. The number of piperidine rings is 1. The van der Waals surface area contributed by atoms with Crippen molar-refractivity contribution < 1.29 is 0 Å². The van der Waals surface area contributed by atoms with Crippen LogP contribution in [0.5, 0.6) is 0 Å². The number of aromatic nitrogens is 4. The zero-order chi connectivity index (χ0) is 20.3. The van der Waals surface area contributed by atoms with Gasteiger partial charge in [0.25, 0.3) is 0 Å². The van der Waals surface area contributed by atoms with E-state index in [0.29, 0.717) is 12.5 Å². The minimum absolute atomic E-state index is 0.442. The van der Waals surface area contributed by atoms with Crippen LogP contribution in [-0.2, 0) is 13.1 Å². The molecule has 5 heterocycles. The Balaban J connectivity index is 1.40. The summed E-state index contributed by atoms with van der Waals surface area (Å²) in [5.41, 5.74) is 4.35. The normalized spacial score (nSPS) is 17.4. The van der Waals surface area contributed by atoms with Crippen molar-refractivity contribution in [3.05, 3.63) is 76.0 Å². The molecule has 1 atom stereocenters. The van der Waals surface area contributed by atoms with Gasteiger partial charge in [0.2, 0.25) is 0 Å². The van der Waals surface area contributed by atoms with E-state index in [-0.39, 0.29) is 0 Å². The summed E-state index contributed by atoms with van der Waals surface area (Å²) in [6, 6.07) is 10.6. The van der Waals surface area contributed by atoms with Gasteiger partial charge in [-0.05, 0) is 49.4 Å². The first-order valence-corrected chi connectivity index (χ1v) is 11.4. The average molecular weight is 419 g/mol. The van der Waals surface area contributed by atoms with E-state index < -0.39 is 0 Å². The summed E-state index contributed by atoms with van der Waals surface area (Å²) >= 11 is 1.84. The lowest BCUT2D eigenvalue weighted by Gasteiger charge is -2.32. The van der Waals surface area contributed by atoms with Crippen LogP contribution in [0.25, 0.3) is 5.65 Å². The van der Waals surface area contributed by atoms with Gasteiger partial charge in [0.15, 0.2) is 5.65 Å².